The Balaban J connectivity index is 1.53. The Hall–Kier alpha value is -0.570. The predicted octanol–water partition coefficient (Wildman–Crippen LogP) is 3.28. The number of carbonyl (C=O) groups excluding carboxylic acids is 1. The normalized spacial score (nSPS) is 31.3. The Morgan fingerprint density at radius 3 is 2.53 bits per heavy atom. The molecule has 110 valence electrons. The molecule has 1 unspecified atom stereocenters. The standard InChI is InChI=1S/C16H29NO2/c1-2-13-5-7-14(8-6-13)12-17-16(18)10-9-15-4-3-11-19-15/h13-15H,2-12H2,1H3,(H,17,18). The van der Waals surface area contributed by atoms with Crippen molar-refractivity contribution < 1.29 is 9.53 Å². The van der Waals surface area contributed by atoms with Gasteiger partial charge in [-0.3, -0.25) is 4.79 Å². The first kappa shape index (κ1) is 14.8. The van der Waals surface area contributed by atoms with Gasteiger partial charge in [0.2, 0.25) is 5.91 Å². The van der Waals surface area contributed by atoms with Crippen LogP contribution in [0, 0.1) is 11.8 Å². The van der Waals surface area contributed by atoms with Crippen LogP contribution in [0.4, 0.5) is 0 Å². The number of hydrogen-bond donors (Lipinski definition) is 1. The summed E-state index contributed by atoms with van der Waals surface area (Å²) >= 11 is 0. The molecule has 0 aromatic heterocycles. The molecule has 0 spiro atoms. The van der Waals surface area contributed by atoms with Crippen LogP contribution in [0.5, 0.6) is 0 Å². The van der Waals surface area contributed by atoms with Crippen molar-refractivity contribution in [2.24, 2.45) is 11.8 Å². The van der Waals surface area contributed by atoms with Gasteiger partial charge in [-0.1, -0.05) is 26.2 Å². The van der Waals surface area contributed by atoms with Crippen LogP contribution in [0.15, 0.2) is 0 Å². The topological polar surface area (TPSA) is 38.3 Å². The van der Waals surface area contributed by atoms with Crippen LogP contribution in [0.3, 0.4) is 0 Å². The van der Waals surface area contributed by atoms with Crippen LogP contribution in [-0.2, 0) is 9.53 Å². The van der Waals surface area contributed by atoms with E-state index in [4.69, 9.17) is 4.74 Å². The van der Waals surface area contributed by atoms with Crippen LogP contribution in [0.1, 0.15) is 64.7 Å². The molecule has 3 nitrogen and oxygen atoms in total. The number of rotatable bonds is 6. The van der Waals surface area contributed by atoms with Crippen molar-refractivity contribution >= 4 is 5.91 Å². The van der Waals surface area contributed by atoms with E-state index in [1.807, 2.05) is 0 Å². The predicted molar refractivity (Wildman–Crippen MR) is 77.0 cm³/mol. The average molecular weight is 267 g/mol. The summed E-state index contributed by atoms with van der Waals surface area (Å²) in [5.41, 5.74) is 0. The Morgan fingerprint density at radius 2 is 1.89 bits per heavy atom. The van der Waals surface area contributed by atoms with Crippen molar-refractivity contribution in [2.45, 2.75) is 70.8 Å². The van der Waals surface area contributed by atoms with Gasteiger partial charge in [0.25, 0.3) is 0 Å². The molecule has 19 heavy (non-hydrogen) atoms. The van der Waals surface area contributed by atoms with Crippen molar-refractivity contribution in [1.29, 1.82) is 0 Å². The quantitative estimate of drug-likeness (QED) is 0.802. The molecular weight excluding hydrogens is 238 g/mol. The monoisotopic (exact) mass is 267 g/mol. The molecule has 1 heterocycles. The Morgan fingerprint density at radius 1 is 1.16 bits per heavy atom. The molecule has 0 aromatic carbocycles. The Labute approximate surface area is 117 Å². The molecule has 0 bridgehead atoms. The molecule has 1 N–H and O–H groups in total. The minimum Gasteiger partial charge on any atom is -0.378 e. The van der Waals surface area contributed by atoms with Gasteiger partial charge in [-0.25, -0.2) is 0 Å². The number of amides is 1. The van der Waals surface area contributed by atoms with Gasteiger partial charge < -0.3 is 10.1 Å². The summed E-state index contributed by atoms with van der Waals surface area (Å²) in [5.74, 6) is 1.87. The van der Waals surface area contributed by atoms with Gasteiger partial charge in [0.15, 0.2) is 0 Å². The van der Waals surface area contributed by atoms with Crippen molar-refractivity contribution in [3.63, 3.8) is 0 Å². The molecule has 2 aliphatic rings. The highest BCUT2D eigenvalue weighted by Crippen LogP contribution is 2.30. The van der Waals surface area contributed by atoms with Gasteiger partial charge in [0.05, 0.1) is 6.10 Å². The van der Waals surface area contributed by atoms with Crippen LogP contribution >= 0.6 is 0 Å². The van der Waals surface area contributed by atoms with Gasteiger partial charge in [-0.05, 0) is 43.9 Å². The SMILES string of the molecule is CCC1CCC(CNC(=O)CCC2CCCO2)CC1. The molecule has 1 aliphatic heterocycles. The van der Waals surface area contributed by atoms with Gasteiger partial charge in [-0.2, -0.15) is 0 Å². The summed E-state index contributed by atoms with van der Waals surface area (Å²) in [5, 5.41) is 3.11. The van der Waals surface area contributed by atoms with Crippen molar-refractivity contribution in [3.05, 3.63) is 0 Å². The Kier molecular flexibility index (Phi) is 6.15. The van der Waals surface area contributed by atoms with E-state index >= 15 is 0 Å². The Bertz CT molecular complexity index is 266. The average Bonchev–Trinajstić information content (AvgIpc) is 2.96. The first-order valence-corrected chi connectivity index (χ1v) is 8.16. The maximum atomic E-state index is 11.8. The summed E-state index contributed by atoms with van der Waals surface area (Å²) in [7, 11) is 0. The molecule has 1 saturated heterocycles. The van der Waals surface area contributed by atoms with E-state index < -0.39 is 0 Å². The molecule has 1 aliphatic carbocycles. The van der Waals surface area contributed by atoms with Crippen molar-refractivity contribution in [1.82, 2.24) is 5.32 Å². The number of hydrogen-bond acceptors (Lipinski definition) is 2. The van der Waals surface area contributed by atoms with E-state index in [2.05, 4.69) is 12.2 Å². The maximum Gasteiger partial charge on any atom is 0.220 e. The molecule has 3 heteroatoms. The van der Waals surface area contributed by atoms with E-state index in [9.17, 15) is 4.79 Å². The zero-order valence-electron chi connectivity index (χ0n) is 12.3. The summed E-state index contributed by atoms with van der Waals surface area (Å²) < 4.78 is 5.54. The zero-order chi connectivity index (χ0) is 13.5. The van der Waals surface area contributed by atoms with E-state index in [1.54, 1.807) is 0 Å². The molecule has 2 fully saturated rings. The summed E-state index contributed by atoms with van der Waals surface area (Å²) in [6, 6.07) is 0. The third-order valence-electron chi connectivity index (χ3n) is 4.85. The van der Waals surface area contributed by atoms with Crippen LogP contribution in [0.25, 0.3) is 0 Å². The second-order valence-corrected chi connectivity index (χ2v) is 6.27. The highest BCUT2D eigenvalue weighted by molar-refractivity contribution is 5.75. The van der Waals surface area contributed by atoms with E-state index in [0.29, 0.717) is 12.5 Å². The minimum atomic E-state index is 0.216. The van der Waals surface area contributed by atoms with Crippen molar-refractivity contribution in [3.8, 4) is 0 Å². The van der Waals surface area contributed by atoms with Crippen molar-refractivity contribution in [2.75, 3.05) is 13.2 Å². The lowest BCUT2D eigenvalue weighted by atomic mass is 9.81. The lowest BCUT2D eigenvalue weighted by Crippen LogP contribution is -2.31. The van der Waals surface area contributed by atoms with E-state index in [1.165, 1.54) is 32.1 Å². The molecule has 1 atom stereocenters. The molecule has 0 aromatic rings. The van der Waals surface area contributed by atoms with Crippen LogP contribution in [0.2, 0.25) is 0 Å². The minimum absolute atomic E-state index is 0.216. The van der Waals surface area contributed by atoms with E-state index in [-0.39, 0.29) is 5.91 Å². The fourth-order valence-corrected chi connectivity index (χ4v) is 3.35. The highest BCUT2D eigenvalue weighted by Gasteiger charge is 2.21. The molecular formula is C16H29NO2. The smallest absolute Gasteiger partial charge is 0.220 e. The lowest BCUT2D eigenvalue weighted by molar-refractivity contribution is -0.121. The molecule has 2 rings (SSSR count). The second kappa shape index (κ2) is 7.88. The first-order valence-electron chi connectivity index (χ1n) is 8.16. The summed E-state index contributed by atoms with van der Waals surface area (Å²) in [6.45, 7) is 4.06. The first-order chi connectivity index (χ1) is 9.28. The summed E-state index contributed by atoms with van der Waals surface area (Å²) in [6.07, 6.45) is 10.8. The number of nitrogens with one attached hydrogen (secondary N) is 1. The summed E-state index contributed by atoms with van der Waals surface area (Å²) in [4.78, 5) is 11.8. The third-order valence-corrected chi connectivity index (χ3v) is 4.85. The maximum absolute atomic E-state index is 11.8. The highest BCUT2D eigenvalue weighted by atomic mass is 16.5. The van der Waals surface area contributed by atoms with Gasteiger partial charge in [0, 0.05) is 19.6 Å². The number of carbonyl (C=O) groups is 1. The van der Waals surface area contributed by atoms with Gasteiger partial charge in [-0.15, -0.1) is 0 Å². The van der Waals surface area contributed by atoms with Crippen LogP contribution in [-0.4, -0.2) is 25.2 Å². The fraction of sp³-hybridized carbons (Fsp3) is 0.938. The largest absolute Gasteiger partial charge is 0.378 e. The van der Waals surface area contributed by atoms with Crippen LogP contribution < -0.4 is 5.32 Å². The molecule has 1 amide bonds. The zero-order valence-corrected chi connectivity index (χ0v) is 12.3. The van der Waals surface area contributed by atoms with Gasteiger partial charge >= 0.3 is 0 Å². The fourth-order valence-electron chi connectivity index (χ4n) is 3.35. The van der Waals surface area contributed by atoms with E-state index in [0.717, 1.165) is 44.2 Å². The second-order valence-electron chi connectivity index (χ2n) is 6.27. The third kappa shape index (κ3) is 5.13. The lowest BCUT2D eigenvalue weighted by Gasteiger charge is -2.27. The molecule has 1 saturated carbocycles. The molecule has 0 radical (unpaired) electrons. The van der Waals surface area contributed by atoms with Gasteiger partial charge in [0.1, 0.15) is 0 Å². The number of ether oxygens (including phenoxy) is 1.